The molecular weight excluding hydrogens is 310 g/mol. The summed E-state index contributed by atoms with van der Waals surface area (Å²) < 4.78 is 53.1. The van der Waals surface area contributed by atoms with Crippen LogP contribution in [0.1, 0.15) is 24.8 Å². The minimum absolute atomic E-state index is 0.247. The SMILES string of the molecule is CN(C)S(=O)(=O)N1CCC[C@H](CCc2ccc(F)c(F)c2)C1. The fourth-order valence-corrected chi connectivity index (χ4v) is 3.99. The van der Waals surface area contributed by atoms with Crippen molar-refractivity contribution in [2.24, 2.45) is 5.92 Å². The van der Waals surface area contributed by atoms with E-state index in [0.29, 0.717) is 19.5 Å². The number of nitrogens with zero attached hydrogens (tertiary/aromatic N) is 2. The third-order valence-electron chi connectivity index (χ3n) is 4.09. The van der Waals surface area contributed by atoms with Crippen LogP contribution < -0.4 is 0 Å². The molecule has 1 heterocycles. The summed E-state index contributed by atoms with van der Waals surface area (Å²) in [5.74, 6) is -1.43. The predicted octanol–water partition coefficient (Wildman–Crippen LogP) is 2.42. The van der Waals surface area contributed by atoms with Gasteiger partial charge in [-0.1, -0.05) is 6.07 Å². The van der Waals surface area contributed by atoms with Crippen LogP contribution in [0.25, 0.3) is 0 Å². The summed E-state index contributed by atoms with van der Waals surface area (Å²) in [5, 5.41) is 0. The molecule has 0 bridgehead atoms. The maximum atomic E-state index is 13.2. The Morgan fingerprint density at radius 3 is 2.64 bits per heavy atom. The van der Waals surface area contributed by atoms with Crippen molar-refractivity contribution < 1.29 is 17.2 Å². The zero-order valence-corrected chi connectivity index (χ0v) is 13.7. The van der Waals surface area contributed by atoms with Crippen LogP contribution >= 0.6 is 0 Å². The Morgan fingerprint density at radius 1 is 1.27 bits per heavy atom. The second-order valence-electron chi connectivity index (χ2n) is 5.94. The Morgan fingerprint density at radius 2 is 2.00 bits per heavy atom. The second kappa shape index (κ2) is 7.02. The van der Waals surface area contributed by atoms with Gasteiger partial charge in [-0.3, -0.25) is 0 Å². The lowest BCUT2D eigenvalue weighted by Gasteiger charge is -2.33. The molecule has 1 saturated heterocycles. The summed E-state index contributed by atoms with van der Waals surface area (Å²) in [6.45, 7) is 1.03. The van der Waals surface area contributed by atoms with Crippen molar-refractivity contribution >= 4 is 10.2 Å². The van der Waals surface area contributed by atoms with Gasteiger partial charge in [0.15, 0.2) is 11.6 Å². The normalized spacial score (nSPS) is 20.5. The van der Waals surface area contributed by atoms with Crippen LogP contribution in [-0.4, -0.2) is 44.2 Å². The fourth-order valence-electron chi connectivity index (χ4n) is 2.77. The largest absolute Gasteiger partial charge is 0.281 e. The first-order valence-electron chi connectivity index (χ1n) is 7.42. The van der Waals surface area contributed by atoms with Crippen molar-refractivity contribution in [2.75, 3.05) is 27.2 Å². The molecule has 1 aliphatic rings. The first-order chi connectivity index (χ1) is 10.3. The van der Waals surface area contributed by atoms with Crippen molar-refractivity contribution in [2.45, 2.75) is 25.7 Å². The van der Waals surface area contributed by atoms with E-state index in [1.807, 2.05) is 0 Å². The lowest BCUT2D eigenvalue weighted by Crippen LogP contribution is -2.45. The molecule has 22 heavy (non-hydrogen) atoms. The maximum Gasteiger partial charge on any atom is 0.281 e. The first-order valence-corrected chi connectivity index (χ1v) is 8.82. The van der Waals surface area contributed by atoms with Crippen molar-refractivity contribution in [3.63, 3.8) is 0 Å². The van der Waals surface area contributed by atoms with E-state index in [0.717, 1.165) is 30.9 Å². The highest BCUT2D eigenvalue weighted by atomic mass is 32.2. The van der Waals surface area contributed by atoms with Crippen LogP contribution in [0, 0.1) is 17.6 Å². The zero-order valence-electron chi connectivity index (χ0n) is 12.9. The van der Waals surface area contributed by atoms with Gasteiger partial charge in [-0.2, -0.15) is 17.0 Å². The molecular formula is C15H22F2N2O2S. The van der Waals surface area contributed by atoms with Crippen molar-refractivity contribution in [3.05, 3.63) is 35.4 Å². The summed E-state index contributed by atoms with van der Waals surface area (Å²) in [7, 11) is -0.315. The van der Waals surface area contributed by atoms with E-state index in [-0.39, 0.29) is 5.92 Å². The third kappa shape index (κ3) is 4.02. The van der Waals surface area contributed by atoms with Gasteiger partial charge in [0.05, 0.1) is 0 Å². The minimum atomic E-state index is -3.37. The Labute approximate surface area is 130 Å². The molecule has 0 aromatic heterocycles. The minimum Gasteiger partial charge on any atom is -0.204 e. The van der Waals surface area contributed by atoms with Crippen LogP contribution in [0.3, 0.4) is 0 Å². The van der Waals surface area contributed by atoms with Crippen LogP contribution in [0.4, 0.5) is 8.78 Å². The monoisotopic (exact) mass is 332 g/mol. The third-order valence-corrected chi connectivity index (χ3v) is 6.00. The van der Waals surface area contributed by atoms with E-state index in [9.17, 15) is 17.2 Å². The van der Waals surface area contributed by atoms with Gasteiger partial charge in [-0.05, 0) is 49.3 Å². The van der Waals surface area contributed by atoms with Crippen molar-refractivity contribution in [1.29, 1.82) is 0 Å². The summed E-state index contributed by atoms with van der Waals surface area (Å²) in [4.78, 5) is 0. The highest BCUT2D eigenvalue weighted by Crippen LogP contribution is 2.24. The smallest absolute Gasteiger partial charge is 0.204 e. The number of halogens is 2. The Bertz CT molecular complexity index is 620. The molecule has 7 heteroatoms. The summed E-state index contributed by atoms with van der Waals surface area (Å²) in [6, 6.07) is 3.93. The number of piperidine rings is 1. The van der Waals surface area contributed by atoms with E-state index in [4.69, 9.17) is 0 Å². The summed E-state index contributed by atoms with van der Waals surface area (Å²) in [6.07, 6.45) is 3.18. The average Bonchev–Trinajstić information content (AvgIpc) is 2.48. The summed E-state index contributed by atoms with van der Waals surface area (Å²) >= 11 is 0. The molecule has 0 radical (unpaired) electrons. The first kappa shape index (κ1) is 17.3. The number of benzene rings is 1. The maximum absolute atomic E-state index is 13.2. The van der Waals surface area contributed by atoms with Crippen LogP contribution in [0.5, 0.6) is 0 Å². The molecule has 1 aromatic carbocycles. The molecule has 0 N–H and O–H groups in total. The zero-order chi connectivity index (χ0) is 16.3. The quantitative estimate of drug-likeness (QED) is 0.831. The molecule has 1 aromatic rings. The molecule has 0 aliphatic carbocycles. The van der Waals surface area contributed by atoms with Crippen LogP contribution in [0.2, 0.25) is 0 Å². The van der Waals surface area contributed by atoms with Gasteiger partial charge in [-0.15, -0.1) is 0 Å². The molecule has 4 nitrogen and oxygen atoms in total. The lowest BCUT2D eigenvalue weighted by atomic mass is 9.93. The number of hydrogen-bond donors (Lipinski definition) is 0. The molecule has 124 valence electrons. The second-order valence-corrected chi connectivity index (χ2v) is 8.09. The van der Waals surface area contributed by atoms with Crippen LogP contribution in [-0.2, 0) is 16.6 Å². The topological polar surface area (TPSA) is 40.6 Å². The average molecular weight is 332 g/mol. The molecule has 1 aliphatic heterocycles. The van der Waals surface area contributed by atoms with Gasteiger partial charge in [0.2, 0.25) is 0 Å². The van der Waals surface area contributed by atoms with Gasteiger partial charge >= 0.3 is 0 Å². The van der Waals surface area contributed by atoms with Crippen LogP contribution in [0.15, 0.2) is 18.2 Å². The highest BCUT2D eigenvalue weighted by Gasteiger charge is 2.30. The Kier molecular flexibility index (Phi) is 5.52. The number of hydrogen-bond acceptors (Lipinski definition) is 2. The Hall–Kier alpha value is -1.05. The molecule has 0 saturated carbocycles. The van der Waals surface area contributed by atoms with E-state index in [2.05, 4.69) is 0 Å². The number of rotatable bonds is 5. The molecule has 0 spiro atoms. The molecule has 2 rings (SSSR count). The van der Waals surface area contributed by atoms with Gasteiger partial charge in [0.1, 0.15) is 0 Å². The molecule has 0 unspecified atom stereocenters. The van der Waals surface area contributed by atoms with Crippen molar-refractivity contribution in [3.8, 4) is 0 Å². The predicted molar refractivity (Wildman–Crippen MR) is 81.6 cm³/mol. The van der Waals surface area contributed by atoms with Gasteiger partial charge in [0.25, 0.3) is 10.2 Å². The standard InChI is InChI=1S/C15H22F2N2O2S/c1-18(2)22(20,21)19-9-3-4-13(11-19)6-5-12-7-8-14(16)15(17)10-12/h7-8,10,13H,3-6,9,11H2,1-2H3/t13-/m1/s1. The van der Waals surface area contributed by atoms with E-state index >= 15 is 0 Å². The molecule has 1 fully saturated rings. The highest BCUT2D eigenvalue weighted by molar-refractivity contribution is 7.86. The number of aryl methyl sites for hydroxylation is 1. The van der Waals surface area contributed by atoms with Gasteiger partial charge in [-0.25, -0.2) is 8.78 Å². The van der Waals surface area contributed by atoms with Crippen molar-refractivity contribution in [1.82, 2.24) is 8.61 Å². The van der Waals surface area contributed by atoms with E-state index in [1.54, 1.807) is 6.07 Å². The lowest BCUT2D eigenvalue weighted by molar-refractivity contribution is 0.246. The van der Waals surface area contributed by atoms with Gasteiger partial charge < -0.3 is 0 Å². The fraction of sp³-hybridized carbons (Fsp3) is 0.600. The molecule has 1 atom stereocenters. The van der Waals surface area contributed by atoms with E-state index in [1.165, 1.54) is 28.8 Å². The Balaban J connectivity index is 1.94. The van der Waals surface area contributed by atoms with Gasteiger partial charge in [0, 0.05) is 27.2 Å². The molecule has 0 amide bonds. The van der Waals surface area contributed by atoms with E-state index < -0.39 is 21.8 Å². The summed E-state index contributed by atoms with van der Waals surface area (Å²) in [5.41, 5.74) is 0.742.